The van der Waals surface area contributed by atoms with E-state index in [2.05, 4.69) is 52.2 Å². The third-order valence-corrected chi connectivity index (χ3v) is 6.38. The molecule has 2 aromatic carbocycles. The number of aryl methyl sites for hydroxylation is 2. The Morgan fingerprint density at radius 1 is 1.09 bits per heavy atom. The van der Waals surface area contributed by atoms with Crippen LogP contribution in [0.3, 0.4) is 0 Å². The summed E-state index contributed by atoms with van der Waals surface area (Å²) in [5.74, 6) is -0.985. The normalized spacial score (nSPS) is 21.4. The number of anilines is 1. The van der Waals surface area contributed by atoms with Crippen LogP contribution in [0.1, 0.15) is 29.7 Å². The summed E-state index contributed by atoms with van der Waals surface area (Å²) >= 11 is 0. The molecule has 2 aliphatic rings. The Balaban J connectivity index is 1.50. The molecule has 1 saturated heterocycles. The number of benzene rings is 2. The number of carbonyl (C=O) groups is 2. The Morgan fingerprint density at radius 3 is 2.52 bits per heavy atom. The maximum atomic E-state index is 13.0. The Labute approximate surface area is 195 Å². The number of hydrogen-bond donors (Lipinski definition) is 1. The highest BCUT2D eigenvalue weighted by Gasteiger charge is 2.40. The molecule has 0 spiro atoms. The van der Waals surface area contributed by atoms with Crippen molar-refractivity contribution in [2.24, 2.45) is 10.9 Å². The maximum absolute atomic E-state index is 13.0. The first-order chi connectivity index (χ1) is 16.0. The van der Waals surface area contributed by atoms with Gasteiger partial charge in [0.1, 0.15) is 5.92 Å². The molecule has 2 aromatic rings. The molecule has 0 radical (unpaired) electrons. The summed E-state index contributed by atoms with van der Waals surface area (Å²) in [7, 11) is 0. The predicted molar refractivity (Wildman–Crippen MR) is 130 cm³/mol. The zero-order valence-corrected chi connectivity index (χ0v) is 19.6. The number of urea groups is 1. The first kappa shape index (κ1) is 23.0. The topological polar surface area (TPSA) is 74.2 Å². The highest BCUT2D eigenvalue weighted by Crippen LogP contribution is 2.29. The van der Waals surface area contributed by atoms with Gasteiger partial charge in [-0.05, 0) is 43.5 Å². The SMILES string of the molecule is CCOC(=O)C1C(CN2CCN(c3cc(C)ccc3C)CC2)=NC(=O)NC1c1ccccc1. The van der Waals surface area contributed by atoms with Crippen LogP contribution in [0.15, 0.2) is 53.5 Å². The highest BCUT2D eigenvalue weighted by atomic mass is 16.5. The van der Waals surface area contributed by atoms with Gasteiger partial charge in [0.2, 0.25) is 0 Å². The van der Waals surface area contributed by atoms with E-state index >= 15 is 0 Å². The summed E-state index contributed by atoms with van der Waals surface area (Å²) in [5, 5.41) is 2.88. The standard InChI is InChI=1S/C26H32N4O3/c1-4-33-25(31)23-21(27-26(32)28-24(23)20-8-6-5-7-9-20)17-29-12-14-30(15-13-29)22-16-18(2)10-11-19(22)3/h5-11,16,23-24H,4,12-15,17H2,1-3H3,(H,28,32). The van der Waals surface area contributed by atoms with Crippen molar-refractivity contribution in [3.8, 4) is 0 Å². The fourth-order valence-corrected chi connectivity index (χ4v) is 4.65. The lowest BCUT2D eigenvalue weighted by Crippen LogP contribution is -2.52. The lowest BCUT2D eigenvalue weighted by atomic mass is 9.87. The van der Waals surface area contributed by atoms with Gasteiger partial charge >= 0.3 is 12.0 Å². The van der Waals surface area contributed by atoms with E-state index in [1.54, 1.807) is 6.92 Å². The largest absolute Gasteiger partial charge is 0.465 e. The maximum Gasteiger partial charge on any atom is 0.341 e. The minimum atomic E-state index is -0.637. The average Bonchev–Trinajstić information content (AvgIpc) is 2.81. The summed E-state index contributed by atoms with van der Waals surface area (Å²) in [6, 6.07) is 15.2. The van der Waals surface area contributed by atoms with E-state index in [1.807, 2.05) is 30.3 Å². The molecule has 0 aliphatic carbocycles. The van der Waals surface area contributed by atoms with Gasteiger partial charge in [0.05, 0.1) is 18.4 Å². The third kappa shape index (κ3) is 5.25. The molecule has 1 fully saturated rings. The van der Waals surface area contributed by atoms with Crippen LogP contribution in [0, 0.1) is 19.8 Å². The fraction of sp³-hybridized carbons (Fsp3) is 0.423. The number of hydrogen-bond acceptors (Lipinski definition) is 5. The number of rotatable bonds is 6. The van der Waals surface area contributed by atoms with E-state index < -0.39 is 18.0 Å². The summed E-state index contributed by atoms with van der Waals surface area (Å²) in [5.41, 5.74) is 5.25. The smallest absolute Gasteiger partial charge is 0.341 e. The molecule has 0 aromatic heterocycles. The van der Waals surface area contributed by atoms with E-state index in [1.165, 1.54) is 16.8 Å². The van der Waals surface area contributed by atoms with Crippen LogP contribution in [0.4, 0.5) is 10.5 Å². The van der Waals surface area contributed by atoms with E-state index in [0.717, 1.165) is 31.7 Å². The van der Waals surface area contributed by atoms with Gasteiger partial charge in [0.25, 0.3) is 0 Å². The van der Waals surface area contributed by atoms with E-state index in [4.69, 9.17) is 4.74 Å². The third-order valence-electron chi connectivity index (χ3n) is 6.38. The number of ether oxygens (including phenoxy) is 1. The van der Waals surface area contributed by atoms with Gasteiger partial charge in [0.15, 0.2) is 0 Å². The first-order valence-corrected chi connectivity index (χ1v) is 11.6. The molecule has 2 unspecified atom stereocenters. The molecule has 0 saturated carbocycles. The van der Waals surface area contributed by atoms with Crippen LogP contribution in [0.5, 0.6) is 0 Å². The van der Waals surface area contributed by atoms with Gasteiger partial charge in [0, 0.05) is 38.4 Å². The molecule has 2 amide bonds. The number of piperazine rings is 1. The summed E-state index contributed by atoms with van der Waals surface area (Å²) in [6.45, 7) is 10.2. The molecule has 2 heterocycles. The van der Waals surface area contributed by atoms with Gasteiger partial charge in [-0.15, -0.1) is 0 Å². The van der Waals surface area contributed by atoms with Crippen molar-refractivity contribution in [3.63, 3.8) is 0 Å². The second-order valence-electron chi connectivity index (χ2n) is 8.72. The van der Waals surface area contributed by atoms with Crippen molar-refractivity contribution in [2.45, 2.75) is 26.8 Å². The second-order valence-corrected chi connectivity index (χ2v) is 8.72. The molecular formula is C26H32N4O3. The minimum Gasteiger partial charge on any atom is -0.465 e. The summed E-state index contributed by atoms with van der Waals surface area (Å²) in [6.07, 6.45) is 0. The van der Waals surface area contributed by atoms with Crippen molar-refractivity contribution in [1.29, 1.82) is 0 Å². The molecule has 2 atom stereocenters. The van der Waals surface area contributed by atoms with Crippen molar-refractivity contribution in [1.82, 2.24) is 10.2 Å². The minimum absolute atomic E-state index is 0.284. The number of nitrogens with one attached hydrogen (secondary N) is 1. The molecule has 7 nitrogen and oxygen atoms in total. The van der Waals surface area contributed by atoms with Gasteiger partial charge in [-0.3, -0.25) is 9.69 Å². The Bertz CT molecular complexity index is 1030. The summed E-state index contributed by atoms with van der Waals surface area (Å²) < 4.78 is 5.39. The molecule has 4 rings (SSSR count). The number of aliphatic imine (C=N–C) groups is 1. The highest BCUT2D eigenvalue weighted by molar-refractivity contribution is 6.10. The average molecular weight is 449 g/mol. The van der Waals surface area contributed by atoms with Crippen LogP contribution >= 0.6 is 0 Å². The van der Waals surface area contributed by atoms with Crippen LogP contribution < -0.4 is 10.2 Å². The quantitative estimate of drug-likeness (QED) is 0.685. The van der Waals surface area contributed by atoms with Gasteiger partial charge in [-0.2, -0.15) is 0 Å². The van der Waals surface area contributed by atoms with E-state index in [0.29, 0.717) is 12.3 Å². The van der Waals surface area contributed by atoms with Crippen molar-refractivity contribution in [2.75, 3.05) is 44.2 Å². The van der Waals surface area contributed by atoms with Crippen LogP contribution in [-0.4, -0.2) is 61.9 Å². The number of nitrogens with zero attached hydrogens (tertiary/aromatic N) is 3. The lowest BCUT2D eigenvalue weighted by molar-refractivity contribution is -0.146. The van der Waals surface area contributed by atoms with Gasteiger partial charge in [-0.1, -0.05) is 42.5 Å². The molecule has 174 valence electrons. The Hall–Kier alpha value is -3.19. The molecular weight excluding hydrogens is 416 g/mol. The molecule has 2 aliphatic heterocycles. The van der Waals surface area contributed by atoms with Crippen LogP contribution in [0.25, 0.3) is 0 Å². The Kier molecular flexibility index (Phi) is 7.08. The van der Waals surface area contributed by atoms with Crippen molar-refractivity contribution in [3.05, 3.63) is 65.2 Å². The molecule has 33 heavy (non-hydrogen) atoms. The predicted octanol–water partition coefficient (Wildman–Crippen LogP) is 3.51. The summed E-state index contributed by atoms with van der Waals surface area (Å²) in [4.78, 5) is 34.3. The van der Waals surface area contributed by atoms with E-state index in [9.17, 15) is 9.59 Å². The van der Waals surface area contributed by atoms with Crippen LogP contribution in [0.2, 0.25) is 0 Å². The van der Waals surface area contributed by atoms with Crippen LogP contribution in [-0.2, 0) is 9.53 Å². The number of esters is 1. The fourth-order valence-electron chi connectivity index (χ4n) is 4.65. The zero-order chi connectivity index (χ0) is 23.4. The van der Waals surface area contributed by atoms with Crippen molar-refractivity contribution < 1.29 is 14.3 Å². The second kappa shape index (κ2) is 10.2. The first-order valence-electron chi connectivity index (χ1n) is 11.6. The zero-order valence-electron chi connectivity index (χ0n) is 19.6. The Morgan fingerprint density at radius 2 is 1.82 bits per heavy atom. The monoisotopic (exact) mass is 448 g/mol. The number of carbonyl (C=O) groups excluding carboxylic acids is 2. The molecule has 7 heteroatoms. The van der Waals surface area contributed by atoms with Crippen molar-refractivity contribution >= 4 is 23.4 Å². The molecule has 1 N–H and O–H groups in total. The molecule has 0 bridgehead atoms. The van der Waals surface area contributed by atoms with E-state index in [-0.39, 0.29) is 12.6 Å². The number of amides is 2. The van der Waals surface area contributed by atoms with Gasteiger partial charge in [-0.25, -0.2) is 9.79 Å². The van der Waals surface area contributed by atoms with Gasteiger partial charge < -0.3 is 15.0 Å². The lowest BCUT2D eigenvalue weighted by Gasteiger charge is -2.38.